The fraction of sp³-hybridized carbons (Fsp3) is 1.00. The molecule has 1 saturated carbocycles. The molecule has 0 radical (unpaired) electrons. The van der Waals surface area contributed by atoms with E-state index < -0.39 is 0 Å². The highest BCUT2D eigenvalue weighted by Crippen LogP contribution is 2.42. The smallest absolute Gasteiger partial charge is 0.0687 e. The van der Waals surface area contributed by atoms with Crippen LogP contribution in [-0.4, -0.2) is 17.0 Å². The first-order chi connectivity index (χ1) is 6.74. The van der Waals surface area contributed by atoms with Crippen LogP contribution in [0.25, 0.3) is 0 Å². The van der Waals surface area contributed by atoms with Crippen molar-refractivity contribution < 1.29 is 4.74 Å². The first-order valence-electron chi connectivity index (χ1n) is 5.98. The quantitative estimate of drug-likeness (QED) is 0.650. The van der Waals surface area contributed by atoms with Crippen LogP contribution in [0.5, 0.6) is 0 Å². The highest BCUT2D eigenvalue weighted by atomic mass is 79.9. The van der Waals surface area contributed by atoms with E-state index in [-0.39, 0.29) is 5.60 Å². The monoisotopic (exact) mass is 260 g/mol. The van der Waals surface area contributed by atoms with Gasteiger partial charge < -0.3 is 4.74 Å². The molecule has 0 aromatic heterocycles. The highest BCUT2D eigenvalue weighted by Gasteiger charge is 2.39. The number of halogens is 1. The molecule has 1 aliphatic heterocycles. The molecule has 1 heterocycles. The van der Waals surface area contributed by atoms with E-state index >= 15 is 0 Å². The average molecular weight is 261 g/mol. The molecule has 2 fully saturated rings. The summed E-state index contributed by atoms with van der Waals surface area (Å²) in [6.07, 6.45) is 9.76. The van der Waals surface area contributed by atoms with Gasteiger partial charge in [-0.15, -0.1) is 0 Å². The van der Waals surface area contributed by atoms with E-state index in [9.17, 15) is 0 Å². The van der Waals surface area contributed by atoms with Crippen LogP contribution in [0.2, 0.25) is 0 Å². The van der Waals surface area contributed by atoms with Crippen molar-refractivity contribution in [2.24, 2.45) is 5.92 Å². The van der Waals surface area contributed by atoms with Gasteiger partial charge in [0.1, 0.15) is 0 Å². The maximum Gasteiger partial charge on any atom is 0.0687 e. The molecule has 0 aromatic rings. The number of alkyl halides is 1. The Balaban J connectivity index is 1.94. The minimum absolute atomic E-state index is 0.281. The lowest BCUT2D eigenvalue weighted by molar-refractivity contribution is -0.141. The molecule has 1 saturated heterocycles. The summed E-state index contributed by atoms with van der Waals surface area (Å²) >= 11 is 3.55. The molecule has 14 heavy (non-hydrogen) atoms. The normalized spacial score (nSPS) is 44.1. The lowest BCUT2D eigenvalue weighted by Gasteiger charge is -2.45. The van der Waals surface area contributed by atoms with E-state index in [0.717, 1.165) is 11.2 Å². The largest absolute Gasteiger partial charge is 0.371 e. The lowest BCUT2D eigenvalue weighted by Crippen LogP contribution is -2.43. The van der Waals surface area contributed by atoms with Crippen LogP contribution in [0.4, 0.5) is 0 Å². The van der Waals surface area contributed by atoms with E-state index in [1.54, 1.807) is 0 Å². The Hall–Kier alpha value is 0.440. The van der Waals surface area contributed by atoms with Crippen molar-refractivity contribution in [3.05, 3.63) is 0 Å². The Morgan fingerprint density at radius 3 is 2.57 bits per heavy atom. The fourth-order valence-electron chi connectivity index (χ4n) is 2.89. The molecule has 2 heteroatoms. The fourth-order valence-corrected chi connectivity index (χ4v) is 3.34. The van der Waals surface area contributed by atoms with Gasteiger partial charge in [-0.1, -0.05) is 22.9 Å². The van der Waals surface area contributed by atoms with Gasteiger partial charge in [0.15, 0.2) is 0 Å². The summed E-state index contributed by atoms with van der Waals surface area (Å²) in [4.78, 5) is 0. The molecule has 0 aromatic carbocycles. The Morgan fingerprint density at radius 1 is 1.21 bits per heavy atom. The van der Waals surface area contributed by atoms with Gasteiger partial charge in [0.25, 0.3) is 0 Å². The first kappa shape index (κ1) is 10.9. The number of ether oxygens (including phenoxy) is 1. The first-order valence-corrected chi connectivity index (χ1v) is 7.10. The molecular formula is C12H21BrO. The van der Waals surface area contributed by atoms with Crippen LogP contribution in [0.1, 0.15) is 51.9 Å². The van der Waals surface area contributed by atoms with Gasteiger partial charge in [-0.2, -0.15) is 0 Å². The van der Waals surface area contributed by atoms with E-state index in [1.165, 1.54) is 44.9 Å². The second-order valence-electron chi connectivity index (χ2n) is 5.15. The van der Waals surface area contributed by atoms with Crippen LogP contribution in [0.15, 0.2) is 0 Å². The molecule has 1 unspecified atom stereocenters. The zero-order valence-corrected chi connectivity index (χ0v) is 10.7. The molecule has 1 atom stereocenters. The zero-order valence-electron chi connectivity index (χ0n) is 9.10. The predicted octanol–water partition coefficient (Wildman–Crippen LogP) is 3.90. The van der Waals surface area contributed by atoms with E-state index in [1.807, 2.05) is 0 Å². The second kappa shape index (κ2) is 4.52. The molecule has 0 bridgehead atoms. The van der Waals surface area contributed by atoms with Gasteiger partial charge in [-0.3, -0.25) is 0 Å². The lowest BCUT2D eigenvalue weighted by atomic mass is 9.75. The van der Waals surface area contributed by atoms with Gasteiger partial charge in [0, 0.05) is 5.33 Å². The molecule has 2 rings (SSSR count). The van der Waals surface area contributed by atoms with Gasteiger partial charge in [0.05, 0.1) is 11.7 Å². The summed E-state index contributed by atoms with van der Waals surface area (Å²) < 4.78 is 6.27. The molecular weight excluding hydrogens is 240 g/mol. The summed E-state index contributed by atoms with van der Waals surface area (Å²) in [5.74, 6) is 0.925. The third-order valence-corrected chi connectivity index (χ3v) is 4.65. The summed E-state index contributed by atoms with van der Waals surface area (Å²) in [7, 11) is 0. The van der Waals surface area contributed by atoms with Crippen molar-refractivity contribution in [1.29, 1.82) is 0 Å². The molecule has 0 N–H and O–H groups in total. The highest BCUT2D eigenvalue weighted by molar-refractivity contribution is 9.09. The SMILES string of the molecule is CC1CCC2(CCCC(CBr)O2)CC1. The van der Waals surface area contributed by atoms with Crippen molar-refractivity contribution >= 4 is 15.9 Å². The maximum atomic E-state index is 6.27. The van der Waals surface area contributed by atoms with Crippen LogP contribution >= 0.6 is 15.9 Å². The summed E-state index contributed by atoms with van der Waals surface area (Å²) in [6, 6.07) is 0. The second-order valence-corrected chi connectivity index (χ2v) is 5.80. The molecule has 82 valence electrons. The topological polar surface area (TPSA) is 9.23 Å². The average Bonchev–Trinajstić information content (AvgIpc) is 2.23. The standard InChI is InChI=1S/C12H21BrO/c1-10-4-7-12(8-5-10)6-2-3-11(9-13)14-12/h10-11H,2-9H2,1H3. The Labute approximate surface area is 95.7 Å². The summed E-state index contributed by atoms with van der Waals surface area (Å²) in [5.41, 5.74) is 0.281. The molecule has 1 spiro atoms. The van der Waals surface area contributed by atoms with Crippen LogP contribution in [0.3, 0.4) is 0 Å². The van der Waals surface area contributed by atoms with Crippen LogP contribution < -0.4 is 0 Å². The molecule has 1 nitrogen and oxygen atoms in total. The summed E-state index contributed by atoms with van der Waals surface area (Å²) in [6.45, 7) is 2.37. The van der Waals surface area contributed by atoms with Crippen molar-refractivity contribution in [2.75, 3.05) is 5.33 Å². The minimum atomic E-state index is 0.281. The van der Waals surface area contributed by atoms with Crippen LogP contribution in [-0.2, 0) is 4.74 Å². The number of hydrogen-bond acceptors (Lipinski definition) is 1. The maximum absolute atomic E-state index is 6.27. The van der Waals surface area contributed by atoms with Crippen molar-refractivity contribution in [3.8, 4) is 0 Å². The Bertz CT molecular complexity index is 185. The van der Waals surface area contributed by atoms with Crippen molar-refractivity contribution in [2.45, 2.75) is 63.6 Å². The van der Waals surface area contributed by atoms with Gasteiger partial charge in [0.2, 0.25) is 0 Å². The van der Waals surface area contributed by atoms with Gasteiger partial charge in [-0.05, 0) is 50.9 Å². The van der Waals surface area contributed by atoms with Gasteiger partial charge in [-0.25, -0.2) is 0 Å². The van der Waals surface area contributed by atoms with Crippen molar-refractivity contribution in [1.82, 2.24) is 0 Å². The van der Waals surface area contributed by atoms with Gasteiger partial charge >= 0.3 is 0 Å². The number of rotatable bonds is 1. The van der Waals surface area contributed by atoms with E-state index in [0.29, 0.717) is 6.10 Å². The molecule has 2 aliphatic rings. The Morgan fingerprint density at radius 2 is 1.93 bits per heavy atom. The van der Waals surface area contributed by atoms with E-state index in [2.05, 4.69) is 22.9 Å². The third kappa shape index (κ3) is 2.33. The van der Waals surface area contributed by atoms with Crippen molar-refractivity contribution in [3.63, 3.8) is 0 Å². The van der Waals surface area contributed by atoms with E-state index in [4.69, 9.17) is 4.74 Å². The molecule has 1 aliphatic carbocycles. The zero-order chi connectivity index (χ0) is 10.0. The third-order valence-electron chi connectivity index (χ3n) is 3.93. The summed E-state index contributed by atoms with van der Waals surface area (Å²) in [5, 5.41) is 1.02. The number of hydrogen-bond donors (Lipinski definition) is 0. The minimum Gasteiger partial charge on any atom is -0.371 e. The Kier molecular flexibility index (Phi) is 3.54. The van der Waals surface area contributed by atoms with Crippen LogP contribution in [0, 0.1) is 5.92 Å². The molecule has 0 amide bonds. The predicted molar refractivity (Wildman–Crippen MR) is 62.9 cm³/mol.